The Hall–Kier alpha value is -3.55. The predicted octanol–water partition coefficient (Wildman–Crippen LogP) is 4.26. The maximum Gasteiger partial charge on any atom is 0.253 e. The molecule has 0 aliphatic carbocycles. The third kappa shape index (κ3) is 6.36. The number of pyridine rings is 1. The molecule has 36 heavy (non-hydrogen) atoms. The number of hydrogen-bond acceptors (Lipinski definition) is 5. The fourth-order valence-electron chi connectivity index (χ4n) is 4.10. The maximum absolute atomic E-state index is 13.4. The number of aliphatic hydroxyl groups is 2. The molecule has 0 saturated heterocycles. The fraction of sp³-hybridized carbons (Fsp3) is 0.345. The molecule has 0 fully saturated rings. The number of carbonyl (C=O) groups is 2. The van der Waals surface area contributed by atoms with Crippen molar-refractivity contribution in [2.45, 2.75) is 51.6 Å². The molecule has 0 saturated carbocycles. The average Bonchev–Trinajstić information content (AvgIpc) is 2.90. The van der Waals surface area contributed by atoms with Crippen LogP contribution in [-0.4, -0.2) is 40.2 Å². The second kappa shape index (κ2) is 12.4. The van der Waals surface area contributed by atoms with Crippen LogP contribution in [0.4, 0.5) is 0 Å². The number of rotatable bonds is 10. The van der Waals surface area contributed by atoms with E-state index >= 15 is 0 Å². The summed E-state index contributed by atoms with van der Waals surface area (Å²) < 4.78 is 0. The third-order valence-corrected chi connectivity index (χ3v) is 6.04. The lowest BCUT2D eigenvalue weighted by Crippen LogP contribution is -2.34. The highest BCUT2D eigenvalue weighted by atomic mass is 16.3. The van der Waals surface area contributed by atoms with E-state index in [2.05, 4.69) is 10.6 Å². The molecule has 1 heterocycles. The van der Waals surface area contributed by atoms with Gasteiger partial charge in [0.25, 0.3) is 11.8 Å². The molecule has 0 bridgehead atoms. The number of carbonyl (C=O) groups excluding carboxylic acids is 2. The minimum Gasteiger partial charge on any atom is -0.394 e. The maximum atomic E-state index is 13.4. The zero-order chi connectivity index (χ0) is 26.2. The summed E-state index contributed by atoms with van der Waals surface area (Å²) >= 11 is 0. The molecule has 0 aliphatic rings. The van der Waals surface area contributed by atoms with Crippen molar-refractivity contribution in [3.8, 4) is 0 Å². The van der Waals surface area contributed by atoms with Crippen LogP contribution in [0.2, 0.25) is 0 Å². The number of aromatic nitrogens is 1. The Balaban J connectivity index is 2.00. The van der Waals surface area contributed by atoms with Gasteiger partial charge in [-0.05, 0) is 29.0 Å². The summed E-state index contributed by atoms with van der Waals surface area (Å²) in [4.78, 5) is 31.6. The molecule has 1 aromatic heterocycles. The van der Waals surface area contributed by atoms with E-state index in [1.54, 1.807) is 6.07 Å². The van der Waals surface area contributed by atoms with Gasteiger partial charge in [0, 0.05) is 0 Å². The lowest BCUT2D eigenvalue weighted by atomic mass is 9.95. The highest BCUT2D eigenvalue weighted by molar-refractivity contribution is 6.01. The van der Waals surface area contributed by atoms with E-state index in [-0.39, 0.29) is 36.2 Å². The molecule has 3 rings (SSSR count). The third-order valence-electron chi connectivity index (χ3n) is 6.04. The van der Waals surface area contributed by atoms with E-state index in [0.717, 1.165) is 11.1 Å². The zero-order valence-corrected chi connectivity index (χ0v) is 21.2. The first-order valence-corrected chi connectivity index (χ1v) is 12.2. The van der Waals surface area contributed by atoms with E-state index < -0.39 is 23.9 Å². The van der Waals surface area contributed by atoms with Crippen LogP contribution in [0, 0.1) is 0 Å². The van der Waals surface area contributed by atoms with Crippen molar-refractivity contribution in [1.82, 2.24) is 15.6 Å². The Morgan fingerprint density at radius 3 is 1.36 bits per heavy atom. The molecule has 4 N–H and O–H groups in total. The van der Waals surface area contributed by atoms with Crippen molar-refractivity contribution in [3.05, 3.63) is 100 Å². The first-order chi connectivity index (χ1) is 17.3. The molecule has 190 valence electrons. The number of hydrogen-bond donors (Lipinski definition) is 4. The SMILES string of the molecule is CC(C)c1nc(C(C)C)c(C(=O)N[C@@H](CO)c2ccccc2)cc1C(=O)N[C@@H](CO)c1ccccc1. The van der Waals surface area contributed by atoms with Gasteiger partial charge >= 0.3 is 0 Å². The Bertz CT molecular complexity index is 1080. The van der Waals surface area contributed by atoms with Gasteiger partial charge in [-0.3, -0.25) is 14.6 Å². The van der Waals surface area contributed by atoms with Gasteiger partial charge in [-0.25, -0.2) is 0 Å². The van der Waals surface area contributed by atoms with Gasteiger partial charge in [-0.15, -0.1) is 0 Å². The van der Waals surface area contributed by atoms with Gasteiger partial charge in [0.1, 0.15) is 0 Å². The summed E-state index contributed by atoms with van der Waals surface area (Å²) in [6, 6.07) is 18.8. The van der Waals surface area contributed by atoms with Crippen molar-refractivity contribution in [1.29, 1.82) is 0 Å². The Labute approximate surface area is 212 Å². The van der Waals surface area contributed by atoms with Crippen LogP contribution in [0.15, 0.2) is 66.7 Å². The molecular weight excluding hydrogens is 454 g/mol. The van der Waals surface area contributed by atoms with Crippen molar-refractivity contribution in [2.75, 3.05) is 13.2 Å². The van der Waals surface area contributed by atoms with Crippen LogP contribution in [0.3, 0.4) is 0 Å². The van der Waals surface area contributed by atoms with E-state index in [1.807, 2.05) is 88.4 Å². The quantitative estimate of drug-likeness (QED) is 0.340. The highest BCUT2D eigenvalue weighted by Crippen LogP contribution is 2.27. The van der Waals surface area contributed by atoms with Crippen molar-refractivity contribution in [2.24, 2.45) is 0 Å². The molecule has 7 nitrogen and oxygen atoms in total. The lowest BCUT2D eigenvalue weighted by Gasteiger charge is -2.22. The second-order valence-corrected chi connectivity index (χ2v) is 9.40. The molecule has 0 unspecified atom stereocenters. The summed E-state index contributed by atoms with van der Waals surface area (Å²) in [6.45, 7) is 7.24. The normalized spacial score (nSPS) is 12.9. The summed E-state index contributed by atoms with van der Waals surface area (Å²) in [6.07, 6.45) is 0. The number of nitrogens with one attached hydrogen (secondary N) is 2. The van der Waals surface area contributed by atoms with Crippen LogP contribution in [-0.2, 0) is 0 Å². The summed E-state index contributed by atoms with van der Waals surface area (Å²) in [5, 5.41) is 25.6. The van der Waals surface area contributed by atoms with Gasteiger partial charge in [-0.2, -0.15) is 0 Å². The highest BCUT2D eigenvalue weighted by Gasteiger charge is 2.26. The van der Waals surface area contributed by atoms with Gasteiger partial charge in [-0.1, -0.05) is 88.4 Å². The minimum absolute atomic E-state index is 0.0702. The molecular formula is C29H35N3O4. The fourth-order valence-corrected chi connectivity index (χ4v) is 4.10. The Morgan fingerprint density at radius 2 is 1.06 bits per heavy atom. The van der Waals surface area contributed by atoms with Gasteiger partial charge in [0.05, 0.1) is 47.8 Å². The topological polar surface area (TPSA) is 112 Å². The number of aliphatic hydroxyl groups excluding tert-OH is 2. The smallest absolute Gasteiger partial charge is 0.253 e. The largest absolute Gasteiger partial charge is 0.394 e. The van der Waals surface area contributed by atoms with Crippen LogP contribution in [0.1, 0.15) is 94.8 Å². The van der Waals surface area contributed by atoms with Crippen LogP contribution in [0.25, 0.3) is 0 Å². The standard InChI is InChI=1S/C29H35N3O4/c1-18(2)26-22(28(35)30-24(16-33)20-11-7-5-8-12-20)15-23(27(32-26)19(3)4)29(36)31-25(17-34)21-13-9-6-10-14-21/h5-15,18-19,24-25,33-34H,16-17H2,1-4H3,(H,30,35)(H,31,36)/t24-,25-/m0/s1. The summed E-state index contributed by atoms with van der Waals surface area (Å²) in [7, 11) is 0. The van der Waals surface area contributed by atoms with Crippen LogP contribution in [0.5, 0.6) is 0 Å². The molecule has 7 heteroatoms. The van der Waals surface area contributed by atoms with E-state index in [1.165, 1.54) is 0 Å². The zero-order valence-electron chi connectivity index (χ0n) is 21.2. The Morgan fingerprint density at radius 1 is 0.694 bits per heavy atom. The monoisotopic (exact) mass is 489 g/mol. The molecule has 0 radical (unpaired) electrons. The lowest BCUT2D eigenvalue weighted by molar-refractivity contribution is 0.0912. The average molecular weight is 490 g/mol. The van der Waals surface area contributed by atoms with Crippen molar-refractivity contribution in [3.63, 3.8) is 0 Å². The van der Waals surface area contributed by atoms with E-state index in [9.17, 15) is 19.8 Å². The molecule has 0 spiro atoms. The Kier molecular flexibility index (Phi) is 9.33. The number of nitrogens with zero attached hydrogens (tertiary/aromatic N) is 1. The van der Waals surface area contributed by atoms with Gasteiger partial charge in [0.2, 0.25) is 0 Å². The molecule has 3 aromatic rings. The van der Waals surface area contributed by atoms with Gasteiger partial charge in [0.15, 0.2) is 0 Å². The molecule has 2 aromatic carbocycles. The summed E-state index contributed by atoms with van der Waals surface area (Å²) in [5.41, 5.74) is 3.29. The minimum atomic E-state index is -0.599. The van der Waals surface area contributed by atoms with E-state index in [4.69, 9.17) is 4.98 Å². The number of benzene rings is 2. The first-order valence-electron chi connectivity index (χ1n) is 12.2. The van der Waals surface area contributed by atoms with Gasteiger partial charge < -0.3 is 20.8 Å². The predicted molar refractivity (Wildman–Crippen MR) is 140 cm³/mol. The van der Waals surface area contributed by atoms with Crippen LogP contribution < -0.4 is 10.6 Å². The van der Waals surface area contributed by atoms with Crippen molar-refractivity contribution >= 4 is 11.8 Å². The number of amides is 2. The van der Waals surface area contributed by atoms with Crippen LogP contribution >= 0.6 is 0 Å². The molecule has 2 atom stereocenters. The van der Waals surface area contributed by atoms with E-state index in [0.29, 0.717) is 11.4 Å². The second-order valence-electron chi connectivity index (χ2n) is 9.40. The molecule has 0 aliphatic heterocycles. The first kappa shape index (κ1) is 27.0. The van der Waals surface area contributed by atoms with Crippen molar-refractivity contribution < 1.29 is 19.8 Å². The molecule has 2 amide bonds. The summed E-state index contributed by atoms with van der Waals surface area (Å²) in [5.74, 6) is -0.973.